The normalized spacial score (nSPS) is 30.7. The lowest BCUT2D eigenvalue weighted by Gasteiger charge is -2.41. The minimum absolute atomic E-state index is 0.505. The highest BCUT2D eigenvalue weighted by Crippen LogP contribution is 2.74. The van der Waals surface area contributed by atoms with Gasteiger partial charge in [0, 0.05) is 0 Å². The van der Waals surface area contributed by atoms with Gasteiger partial charge in [-0.05, 0) is 34.4 Å². The van der Waals surface area contributed by atoms with E-state index in [0.29, 0.717) is 10.1 Å². The molecule has 1 heteroatoms. The first-order valence-electron chi connectivity index (χ1n) is 8.34. The Kier molecular flexibility index (Phi) is 3.84. The molecule has 1 heterocycles. The molecule has 0 amide bonds. The van der Waals surface area contributed by atoms with Gasteiger partial charge in [0.1, 0.15) is 0 Å². The molecule has 0 N–H and O–H groups in total. The van der Waals surface area contributed by atoms with Gasteiger partial charge >= 0.3 is 0 Å². The smallest absolute Gasteiger partial charge is 0.0860 e. The lowest BCUT2D eigenvalue weighted by Crippen LogP contribution is -2.39. The van der Waals surface area contributed by atoms with Gasteiger partial charge in [0.15, 0.2) is 0 Å². The average molecular weight is 279 g/mol. The Labute approximate surface area is 122 Å². The maximum absolute atomic E-state index is 2.76. The lowest BCUT2D eigenvalue weighted by atomic mass is 9.89. The Morgan fingerprint density at radius 2 is 1.37 bits per heavy atom. The summed E-state index contributed by atoms with van der Waals surface area (Å²) in [5, 5.41) is 2.93. The molecule has 0 aromatic rings. The largest absolute Gasteiger partial charge is 0.0980 e. The predicted octanol–water partition coefficient (Wildman–Crippen LogP) is 6.49. The second-order valence-corrected chi connectivity index (χ2v) is 15.1. The van der Waals surface area contributed by atoms with Gasteiger partial charge in [0.05, 0.1) is 8.07 Å². The van der Waals surface area contributed by atoms with Gasteiger partial charge in [-0.3, -0.25) is 0 Å². The maximum Gasteiger partial charge on any atom is 0.0980 e. The monoisotopic (exact) mass is 278 g/mol. The van der Waals surface area contributed by atoms with Crippen molar-refractivity contribution in [3.05, 3.63) is 11.3 Å². The summed E-state index contributed by atoms with van der Waals surface area (Å²) in [7, 11) is -1.31. The van der Waals surface area contributed by atoms with Gasteiger partial charge in [-0.1, -0.05) is 79.0 Å². The number of rotatable bonds is 1. The van der Waals surface area contributed by atoms with E-state index < -0.39 is 8.07 Å². The molecule has 0 nitrogen and oxygen atoms in total. The third-order valence-corrected chi connectivity index (χ3v) is 13.5. The lowest BCUT2D eigenvalue weighted by molar-refractivity contribution is 0.419. The molecule has 2 aliphatic rings. The molecular formula is C18H34Si. The molecule has 1 unspecified atom stereocenters. The number of hydrogen-bond donors (Lipinski definition) is 0. The molecule has 0 bridgehead atoms. The molecule has 0 aromatic carbocycles. The Balaban J connectivity index is 2.30. The van der Waals surface area contributed by atoms with Crippen molar-refractivity contribution < 1.29 is 0 Å². The molecular weight excluding hydrogens is 244 g/mol. The molecule has 19 heavy (non-hydrogen) atoms. The number of hydrogen-bond acceptors (Lipinski definition) is 0. The van der Waals surface area contributed by atoms with Crippen LogP contribution in [-0.4, -0.2) is 8.07 Å². The molecule has 0 aromatic heterocycles. The Bertz CT molecular complexity index is 344. The van der Waals surface area contributed by atoms with E-state index in [0.717, 1.165) is 11.5 Å². The quantitative estimate of drug-likeness (QED) is 0.481. The molecule has 1 aliphatic carbocycles. The van der Waals surface area contributed by atoms with Crippen molar-refractivity contribution in [1.82, 2.24) is 0 Å². The fourth-order valence-corrected chi connectivity index (χ4v) is 14.3. The molecule has 2 fully saturated rings. The number of allylic oxidation sites excluding steroid dienone is 2. The minimum Gasteiger partial charge on any atom is -0.0860 e. The highest BCUT2D eigenvalue weighted by molar-refractivity contribution is 7.04. The van der Waals surface area contributed by atoms with Crippen LogP contribution in [0.2, 0.25) is 15.6 Å². The zero-order valence-corrected chi connectivity index (χ0v) is 15.3. The van der Waals surface area contributed by atoms with Gasteiger partial charge in [-0.2, -0.15) is 0 Å². The SMILES string of the molecule is CC1/C(=C\C2CCCCC2)[Si]1(C(C)(C)C)C(C)(C)C. The summed E-state index contributed by atoms with van der Waals surface area (Å²) in [6.45, 7) is 17.5. The van der Waals surface area contributed by atoms with Crippen molar-refractivity contribution >= 4 is 8.07 Å². The van der Waals surface area contributed by atoms with Crippen molar-refractivity contribution in [2.45, 2.75) is 96.2 Å². The summed E-state index contributed by atoms with van der Waals surface area (Å²) in [5.74, 6) is 0.908. The first-order valence-corrected chi connectivity index (χ1v) is 10.4. The van der Waals surface area contributed by atoms with Crippen molar-refractivity contribution in [3.63, 3.8) is 0 Å². The standard InChI is InChI=1S/C18H34Si/c1-14-16(13-15-11-9-8-10-12-15)19(14,17(2,3)4)18(5,6)7/h13-15H,8-12H2,1-7H3/b16-13+. The van der Waals surface area contributed by atoms with Crippen LogP contribution in [0, 0.1) is 5.92 Å². The van der Waals surface area contributed by atoms with E-state index in [2.05, 4.69) is 54.5 Å². The van der Waals surface area contributed by atoms with Crippen LogP contribution in [0.25, 0.3) is 0 Å². The van der Waals surface area contributed by atoms with Gasteiger partial charge in [0.25, 0.3) is 0 Å². The van der Waals surface area contributed by atoms with E-state index in [1.807, 2.05) is 5.20 Å². The fraction of sp³-hybridized carbons (Fsp3) is 0.889. The highest BCUT2D eigenvalue weighted by Gasteiger charge is 2.70. The van der Waals surface area contributed by atoms with E-state index in [9.17, 15) is 0 Å². The summed E-state index contributed by atoms with van der Waals surface area (Å²) < 4.78 is 0. The Morgan fingerprint density at radius 3 is 1.74 bits per heavy atom. The van der Waals surface area contributed by atoms with Crippen LogP contribution < -0.4 is 0 Å². The fourth-order valence-electron chi connectivity index (χ4n) is 5.63. The predicted molar refractivity (Wildman–Crippen MR) is 89.3 cm³/mol. The maximum atomic E-state index is 2.76. The third-order valence-electron chi connectivity index (χ3n) is 5.92. The summed E-state index contributed by atoms with van der Waals surface area (Å²) in [6, 6.07) is 0. The van der Waals surface area contributed by atoms with Crippen LogP contribution in [0.3, 0.4) is 0 Å². The molecule has 1 saturated carbocycles. The molecule has 1 aliphatic heterocycles. The molecule has 0 spiro atoms. The highest BCUT2D eigenvalue weighted by atomic mass is 28.3. The molecule has 0 radical (unpaired) electrons. The van der Waals surface area contributed by atoms with Gasteiger partial charge in [-0.25, -0.2) is 0 Å². The van der Waals surface area contributed by atoms with Gasteiger partial charge < -0.3 is 0 Å². The summed E-state index contributed by atoms with van der Waals surface area (Å²) >= 11 is 0. The molecule has 1 saturated heterocycles. The second kappa shape index (κ2) is 4.75. The summed E-state index contributed by atoms with van der Waals surface area (Å²) in [5.41, 5.74) is 0.912. The first kappa shape index (κ1) is 15.3. The zero-order chi connectivity index (χ0) is 14.5. The van der Waals surface area contributed by atoms with E-state index in [4.69, 9.17) is 0 Å². The average Bonchev–Trinajstić information content (AvgIpc) is 2.85. The van der Waals surface area contributed by atoms with Crippen LogP contribution in [0.15, 0.2) is 11.3 Å². The van der Waals surface area contributed by atoms with E-state index in [1.165, 1.54) is 32.1 Å². The van der Waals surface area contributed by atoms with E-state index in [1.54, 1.807) is 0 Å². The zero-order valence-electron chi connectivity index (χ0n) is 14.3. The minimum atomic E-state index is -1.31. The van der Waals surface area contributed by atoms with Crippen LogP contribution in [-0.2, 0) is 0 Å². The molecule has 2 rings (SSSR count). The van der Waals surface area contributed by atoms with Crippen molar-refractivity contribution in [1.29, 1.82) is 0 Å². The first-order chi connectivity index (χ1) is 8.62. The van der Waals surface area contributed by atoms with Crippen LogP contribution in [0.5, 0.6) is 0 Å². The Hall–Kier alpha value is -0.0431. The van der Waals surface area contributed by atoms with Crippen LogP contribution in [0.1, 0.15) is 80.6 Å². The van der Waals surface area contributed by atoms with Crippen LogP contribution >= 0.6 is 0 Å². The van der Waals surface area contributed by atoms with Gasteiger partial charge in [0.2, 0.25) is 0 Å². The summed E-state index contributed by atoms with van der Waals surface area (Å²) in [4.78, 5) is 0. The van der Waals surface area contributed by atoms with Gasteiger partial charge in [-0.15, -0.1) is 0 Å². The second-order valence-electron chi connectivity index (χ2n) is 9.05. The molecule has 110 valence electrons. The van der Waals surface area contributed by atoms with E-state index in [-0.39, 0.29) is 0 Å². The third kappa shape index (κ3) is 2.37. The Morgan fingerprint density at radius 1 is 0.895 bits per heavy atom. The van der Waals surface area contributed by atoms with Crippen molar-refractivity contribution in [3.8, 4) is 0 Å². The van der Waals surface area contributed by atoms with Crippen molar-refractivity contribution in [2.24, 2.45) is 5.92 Å². The van der Waals surface area contributed by atoms with Crippen molar-refractivity contribution in [2.75, 3.05) is 0 Å². The van der Waals surface area contributed by atoms with Crippen LogP contribution in [0.4, 0.5) is 0 Å². The van der Waals surface area contributed by atoms with E-state index >= 15 is 0 Å². The topological polar surface area (TPSA) is 0 Å². The molecule has 1 atom stereocenters. The summed E-state index contributed by atoms with van der Waals surface area (Å²) in [6.07, 6.45) is 10.1.